The quantitative estimate of drug-likeness (QED) is 0.714. The number of aromatic nitrogens is 1. The maximum Gasteiger partial charge on any atom is 0.226 e. The Kier molecular flexibility index (Phi) is 5.40. The fraction of sp³-hybridized carbons (Fsp3) is 0.211. The zero-order valence-corrected chi connectivity index (χ0v) is 14.7. The van der Waals surface area contributed by atoms with E-state index in [4.69, 9.17) is 0 Å². The molecule has 0 fully saturated rings. The normalized spacial score (nSPS) is 10.6. The minimum Gasteiger partial charge on any atom is -0.355 e. The van der Waals surface area contributed by atoms with Gasteiger partial charge in [0.2, 0.25) is 11.8 Å². The Morgan fingerprint density at radius 1 is 1.08 bits per heavy atom. The summed E-state index contributed by atoms with van der Waals surface area (Å²) in [6, 6.07) is 15.2. The van der Waals surface area contributed by atoms with Crippen LogP contribution in [-0.4, -0.2) is 23.3 Å². The van der Waals surface area contributed by atoms with Crippen LogP contribution in [-0.2, 0) is 16.0 Å². The van der Waals surface area contributed by atoms with Crippen LogP contribution >= 0.6 is 11.3 Å². The molecule has 0 unspecified atom stereocenters. The molecule has 2 amide bonds. The minimum atomic E-state index is -0.124. The Hall–Kier alpha value is -2.73. The second-order valence-corrected chi connectivity index (χ2v) is 6.96. The van der Waals surface area contributed by atoms with Gasteiger partial charge in [-0.25, -0.2) is 4.98 Å². The van der Waals surface area contributed by atoms with Gasteiger partial charge in [-0.2, -0.15) is 0 Å². The number of amides is 2. The molecule has 0 bridgehead atoms. The van der Waals surface area contributed by atoms with Crippen molar-refractivity contribution in [3.05, 3.63) is 59.1 Å². The summed E-state index contributed by atoms with van der Waals surface area (Å²) >= 11 is 1.60. The van der Waals surface area contributed by atoms with Gasteiger partial charge in [0.25, 0.3) is 0 Å². The molecular weight excluding hydrogens is 334 g/mol. The highest BCUT2D eigenvalue weighted by Crippen LogP contribution is 2.24. The summed E-state index contributed by atoms with van der Waals surface area (Å²) < 4.78 is 1.05. The van der Waals surface area contributed by atoms with Crippen molar-refractivity contribution in [1.29, 1.82) is 0 Å². The Balaban J connectivity index is 1.45. The maximum absolute atomic E-state index is 12.0. The van der Waals surface area contributed by atoms with Crippen molar-refractivity contribution in [3.8, 4) is 0 Å². The highest BCUT2D eigenvalue weighted by molar-refractivity contribution is 7.18. The summed E-state index contributed by atoms with van der Waals surface area (Å²) in [4.78, 5) is 28.3. The van der Waals surface area contributed by atoms with E-state index in [0.29, 0.717) is 13.0 Å². The average molecular weight is 353 g/mol. The SMILES string of the molecule is Cc1nc2ccc(NC(=O)CCNC(=O)Cc3ccccc3)cc2s1. The topological polar surface area (TPSA) is 71.1 Å². The van der Waals surface area contributed by atoms with Gasteiger partial charge in [0, 0.05) is 18.7 Å². The summed E-state index contributed by atoms with van der Waals surface area (Å²) in [7, 11) is 0. The number of rotatable bonds is 6. The van der Waals surface area contributed by atoms with Crippen LogP contribution in [0.4, 0.5) is 5.69 Å². The van der Waals surface area contributed by atoms with Gasteiger partial charge >= 0.3 is 0 Å². The molecule has 1 heterocycles. The van der Waals surface area contributed by atoms with Crippen LogP contribution in [0.15, 0.2) is 48.5 Å². The van der Waals surface area contributed by atoms with Crippen LogP contribution in [0.25, 0.3) is 10.2 Å². The molecule has 25 heavy (non-hydrogen) atoms. The first-order chi connectivity index (χ1) is 12.1. The minimum absolute atomic E-state index is 0.0828. The largest absolute Gasteiger partial charge is 0.355 e. The molecule has 3 aromatic rings. The first-order valence-corrected chi connectivity index (χ1v) is 8.89. The van der Waals surface area contributed by atoms with E-state index in [1.807, 2.05) is 55.5 Å². The van der Waals surface area contributed by atoms with Gasteiger partial charge < -0.3 is 10.6 Å². The molecule has 0 saturated heterocycles. The van der Waals surface area contributed by atoms with E-state index in [0.717, 1.165) is 26.5 Å². The molecule has 0 saturated carbocycles. The number of carbonyl (C=O) groups is 2. The molecule has 0 spiro atoms. The Labute approximate surface area is 150 Å². The third kappa shape index (κ3) is 4.87. The first kappa shape index (κ1) is 17.1. The predicted octanol–water partition coefficient (Wildman–Crippen LogP) is 3.29. The second-order valence-electron chi connectivity index (χ2n) is 5.73. The summed E-state index contributed by atoms with van der Waals surface area (Å²) in [5, 5.41) is 6.63. The average Bonchev–Trinajstić information content (AvgIpc) is 2.95. The Morgan fingerprint density at radius 2 is 1.88 bits per heavy atom. The van der Waals surface area contributed by atoms with Gasteiger partial charge in [0.1, 0.15) is 0 Å². The third-order valence-corrected chi connectivity index (χ3v) is 4.59. The fourth-order valence-corrected chi connectivity index (χ4v) is 3.37. The summed E-state index contributed by atoms with van der Waals surface area (Å²) in [6.45, 7) is 2.28. The molecule has 0 radical (unpaired) electrons. The maximum atomic E-state index is 12.0. The number of benzene rings is 2. The third-order valence-electron chi connectivity index (χ3n) is 3.66. The number of anilines is 1. The van der Waals surface area contributed by atoms with Gasteiger partial charge in [0.05, 0.1) is 21.6 Å². The Bertz CT molecular complexity index is 890. The summed E-state index contributed by atoms with van der Waals surface area (Å²) in [5.74, 6) is -0.207. The van der Waals surface area contributed by atoms with E-state index in [9.17, 15) is 9.59 Å². The smallest absolute Gasteiger partial charge is 0.226 e. The van der Waals surface area contributed by atoms with Crippen LogP contribution in [0.5, 0.6) is 0 Å². The lowest BCUT2D eigenvalue weighted by Crippen LogP contribution is -2.28. The van der Waals surface area contributed by atoms with Crippen LogP contribution < -0.4 is 10.6 Å². The van der Waals surface area contributed by atoms with E-state index in [-0.39, 0.29) is 18.2 Å². The first-order valence-electron chi connectivity index (χ1n) is 8.08. The standard InChI is InChI=1S/C19H19N3O2S/c1-13-21-16-8-7-15(12-17(16)25-13)22-18(23)9-10-20-19(24)11-14-5-3-2-4-6-14/h2-8,12H,9-11H2,1H3,(H,20,24)(H,22,23). The van der Waals surface area contributed by atoms with Gasteiger partial charge in [-0.1, -0.05) is 30.3 Å². The molecule has 128 valence electrons. The van der Waals surface area contributed by atoms with E-state index >= 15 is 0 Å². The second kappa shape index (κ2) is 7.90. The molecule has 0 aliphatic carbocycles. The molecule has 0 aliphatic rings. The van der Waals surface area contributed by atoms with Gasteiger partial charge in [-0.15, -0.1) is 11.3 Å². The zero-order valence-electron chi connectivity index (χ0n) is 13.9. The van der Waals surface area contributed by atoms with Crippen LogP contribution in [0.1, 0.15) is 17.0 Å². The molecule has 0 atom stereocenters. The van der Waals surface area contributed by atoms with Crippen molar-refractivity contribution in [1.82, 2.24) is 10.3 Å². The fourth-order valence-electron chi connectivity index (χ4n) is 2.50. The van der Waals surface area contributed by atoms with Crippen molar-refractivity contribution in [2.24, 2.45) is 0 Å². The van der Waals surface area contributed by atoms with Gasteiger partial charge in [-0.3, -0.25) is 9.59 Å². The molecule has 2 N–H and O–H groups in total. The number of aryl methyl sites for hydroxylation is 1. The summed E-state index contributed by atoms with van der Waals surface area (Å²) in [5.41, 5.74) is 2.64. The van der Waals surface area contributed by atoms with Crippen molar-refractivity contribution in [2.75, 3.05) is 11.9 Å². The van der Waals surface area contributed by atoms with E-state index in [1.165, 1.54) is 0 Å². The zero-order chi connectivity index (χ0) is 17.6. The van der Waals surface area contributed by atoms with E-state index in [2.05, 4.69) is 15.6 Å². The van der Waals surface area contributed by atoms with E-state index in [1.54, 1.807) is 11.3 Å². The molecule has 2 aromatic carbocycles. The predicted molar refractivity (Wildman–Crippen MR) is 101 cm³/mol. The highest BCUT2D eigenvalue weighted by atomic mass is 32.1. The van der Waals surface area contributed by atoms with Crippen LogP contribution in [0, 0.1) is 6.92 Å². The van der Waals surface area contributed by atoms with Crippen molar-refractivity contribution in [3.63, 3.8) is 0 Å². The van der Waals surface area contributed by atoms with Crippen molar-refractivity contribution >= 4 is 39.1 Å². The van der Waals surface area contributed by atoms with Gasteiger partial charge in [0.15, 0.2) is 0 Å². The number of carbonyl (C=O) groups excluding carboxylic acids is 2. The van der Waals surface area contributed by atoms with Crippen LogP contribution in [0.2, 0.25) is 0 Å². The molecular formula is C19H19N3O2S. The molecule has 3 rings (SSSR count). The lowest BCUT2D eigenvalue weighted by atomic mass is 10.1. The molecule has 0 aliphatic heterocycles. The van der Waals surface area contributed by atoms with E-state index < -0.39 is 0 Å². The lowest BCUT2D eigenvalue weighted by Gasteiger charge is -2.07. The van der Waals surface area contributed by atoms with Crippen molar-refractivity contribution < 1.29 is 9.59 Å². The monoisotopic (exact) mass is 353 g/mol. The number of hydrogen-bond acceptors (Lipinski definition) is 4. The van der Waals surface area contributed by atoms with Gasteiger partial charge in [-0.05, 0) is 30.7 Å². The molecule has 6 heteroatoms. The number of nitrogens with zero attached hydrogens (tertiary/aromatic N) is 1. The van der Waals surface area contributed by atoms with Crippen molar-refractivity contribution in [2.45, 2.75) is 19.8 Å². The highest BCUT2D eigenvalue weighted by Gasteiger charge is 2.07. The molecule has 5 nitrogen and oxygen atoms in total. The Morgan fingerprint density at radius 3 is 2.68 bits per heavy atom. The number of nitrogens with one attached hydrogen (secondary N) is 2. The molecule has 1 aromatic heterocycles. The summed E-state index contributed by atoms with van der Waals surface area (Å²) in [6.07, 6.45) is 0.560. The number of fused-ring (bicyclic) bond motifs is 1. The number of thiazole rings is 1. The number of hydrogen-bond donors (Lipinski definition) is 2. The lowest BCUT2D eigenvalue weighted by molar-refractivity contribution is -0.120. The van der Waals surface area contributed by atoms with Crippen LogP contribution in [0.3, 0.4) is 0 Å².